The van der Waals surface area contributed by atoms with E-state index in [9.17, 15) is 4.79 Å². The van der Waals surface area contributed by atoms with Crippen LogP contribution in [0.2, 0.25) is 0 Å². The van der Waals surface area contributed by atoms with Crippen molar-refractivity contribution in [2.45, 2.75) is 6.92 Å². The minimum absolute atomic E-state index is 0.182. The third-order valence-electron chi connectivity index (χ3n) is 3.11. The van der Waals surface area contributed by atoms with E-state index in [0.29, 0.717) is 24.5 Å². The molecule has 0 spiro atoms. The van der Waals surface area contributed by atoms with Crippen LogP contribution < -0.4 is 10.1 Å². The quantitative estimate of drug-likeness (QED) is 0.653. The van der Waals surface area contributed by atoms with Gasteiger partial charge in [0.25, 0.3) is 5.91 Å². The molecule has 0 aromatic heterocycles. The molecule has 0 saturated carbocycles. The molecule has 4 nitrogen and oxygen atoms in total. The van der Waals surface area contributed by atoms with E-state index in [1.807, 2.05) is 25.1 Å². The fraction of sp³-hybridized carbons (Fsp3) is 0.235. The van der Waals surface area contributed by atoms with Crippen LogP contribution >= 0.6 is 31.9 Å². The molecule has 122 valence electrons. The van der Waals surface area contributed by atoms with Gasteiger partial charge in [-0.25, -0.2) is 0 Å². The summed E-state index contributed by atoms with van der Waals surface area (Å²) in [6, 6.07) is 11.0. The van der Waals surface area contributed by atoms with Crippen LogP contribution in [0, 0.1) is 6.92 Å². The number of hydrogen-bond donors (Lipinski definition) is 1. The number of methoxy groups -OCH3 is 1. The smallest absolute Gasteiger partial charge is 0.255 e. The first-order valence-electron chi connectivity index (χ1n) is 7.00. The minimum atomic E-state index is -0.182. The Hall–Kier alpha value is -1.37. The van der Waals surface area contributed by atoms with Crippen LogP contribution in [0.5, 0.6) is 5.75 Å². The van der Waals surface area contributed by atoms with Gasteiger partial charge < -0.3 is 14.8 Å². The average Bonchev–Trinajstić information content (AvgIpc) is 2.51. The Kier molecular flexibility index (Phi) is 6.62. The lowest BCUT2D eigenvalue weighted by molar-refractivity contribution is 0.102. The Bertz CT molecular complexity index is 704. The summed E-state index contributed by atoms with van der Waals surface area (Å²) in [5, 5.41) is 2.89. The molecule has 0 heterocycles. The molecule has 0 aliphatic carbocycles. The lowest BCUT2D eigenvalue weighted by Gasteiger charge is -2.11. The summed E-state index contributed by atoms with van der Waals surface area (Å²) >= 11 is 6.88. The number of anilines is 1. The molecule has 0 atom stereocenters. The third kappa shape index (κ3) is 5.06. The van der Waals surface area contributed by atoms with Crippen LogP contribution in [0.1, 0.15) is 15.9 Å². The molecule has 2 aromatic rings. The molecule has 0 radical (unpaired) electrons. The number of aryl methyl sites for hydroxylation is 1. The third-order valence-corrected chi connectivity index (χ3v) is 4.39. The molecule has 0 saturated heterocycles. The number of benzene rings is 2. The molecule has 0 bridgehead atoms. The van der Waals surface area contributed by atoms with Crippen molar-refractivity contribution in [3.63, 3.8) is 0 Å². The predicted molar refractivity (Wildman–Crippen MR) is 98.3 cm³/mol. The normalized spacial score (nSPS) is 10.4. The predicted octanol–water partition coefficient (Wildman–Crippen LogP) is 4.80. The molecule has 0 fully saturated rings. The maximum absolute atomic E-state index is 12.4. The first-order valence-corrected chi connectivity index (χ1v) is 8.58. The number of halogens is 2. The van der Waals surface area contributed by atoms with Crippen molar-refractivity contribution < 1.29 is 14.3 Å². The van der Waals surface area contributed by atoms with Crippen LogP contribution in [0.15, 0.2) is 45.3 Å². The molecule has 6 heteroatoms. The fourth-order valence-electron chi connectivity index (χ4n) is 1.91. The van der Waals surface area contributed by atoms with Crippen LogP contribution in [0.4, 0.5) is 5.69 Å². The highest BCUT2D eigenvalue weighted by molar-refractivity contribution is 9.11. The van der Waals surface area contributed by atoms with E-state index in [4.69, 9.17) is 9.47 Å². The average molecular weight is 443 g/mol. The van der Waals surface area contributed by atoms with Gasteiger partial charge in [-0.05, 0) is 74.7 Å². The molecule has 1 amide bonds. The van der Waals surface area contributed by atoms with Crippen molar-refractivity contribution in [3.8, 4) is 5.75 Å². The van der Waals surface area contributed by atoms with Gasteiger partial charge >= 0.3 is 0 Å². The Morgan fingerprint density at radius 3 is 2.52 bits per heavy atom. The lowest BCUT2D eigenvalue weighted by Crippen LogP contribution is -2.12. The Morgan fingerprint density at radius 2 is 1.87 bits per heavy atom. The highest BCUT2D eigenvalue weighted by Gasteiger charge is 2.11. The number of hydrogen-bond acceptors (Lipinski definition) is 3. The van der Waals surface area contributed by atoms with Gasteiger partial charge in [0.05, 0.1) is 16.8 Å². The molecule has 0 unspecified atom stereocenters. The van der Waals surface area contributed by atoms with E-state index < -0.39 is 0 Å². The molecule has 0 aliphatic rings. The minimum Gasteiger partial charge on any atom is -0.490 e. The van der Waals surface area contributed by atoms with Crippen molar-refractivity contribution in [3.05, 3.63) is 56.5 Å². The van der Waals surface area contributed by atoms with Crippen molar-refractivity contribution in [1.82, 2.24) is 0 Å². The number of ether oxygens (including phenoxy) is 2. The second-order valence-corrected chi connectivity index (χ2v) is 6.63. The number of amides is 1. The maximum atomic E-state index is 12.4. The summed E-state index contributed by atoms with van der Waals surface area (Å²) in [5.74, 6) is 0.494. The van der Waals surface area contributed by atoms with Gasteiger partial charge in [-0.15, -0.1) is 0 Å². The first kappa shape index (κ1) is 18.0. The molecule has 0 aliphatic heterocycles. The highest BCUT2D eigenvalue weighted by Crippen LogP contribution is 2.28. The highest BCUT2D eigenvalue weighted by atomic mass is 79.9. The summed E-state index contributed by atoms with van der Waals surface area (Å²) in [7, 11) is 1.62. The summed E-state index contributed by atoms with van der Waals surface area (Å²) in [5.41, 5.74) is 2.40. The number of rotatable bonds is 6. The first-order chi connectivity index (χ1) is 11.0. The number of carbonyl (C=O) groups excluding carboxylic acids is 1. The number of carbonyl (C=O) groups is 1. The second kappa shape index (κ2) is 8.47. The van der Waals surface area contributed by atoms with Crippen LogP contribution in [0.25, 0.3) is 0 Å². The summed E-state index contributed by atoms with van der Waals surface area (Å²) in [6.45, 7) is 2.96. The van der Waals surface area contributed by atoms with E-state index in [1.54, 1.807) is 25.3 Å². The van der Waals surface area contributed by atoms with Crippen LogP contribution in [-0.4, -0.2) is 26.2 Å². The van der Waals surface area contributed by atoms with Gasteiger partial charge in [0.1, 0.15) is 12.4 Å². The molecule has 23 heavy (non-hydrogen) atoms. The largest absolute Gasteiger partial charge is 0.490 e. The van der Waals surface area contributed by atoms with Crippen molar-refractivity contribution >= 4 is 43.5 Å². The van der Waals surface area contributed by atoms with E-state index in [-0.39, 0.29) is 5.91 Å². The van der Waals surface area contributed by atoms with E-state index in [0.717, 1.165) is 20.2 Å². The van der Waals surface area contributed by atoms with E-state index >= 15 is 0 Å². The molecular weight excluding hydrogens is 426 g/mol. The second-order valence-electron chi connectivity index (χ2n) is 4.92. The van der Waals surface area contributed by atoms with Crippen LogP contribution in [-0.2, 0) is 4.74 Å². The molecule has 1 N–H and O–H groups in total. The van der Waals surface area contributed by atoms with Gasteiger partial charge in [-0.1, -0.05) is 6.07 Å². The zero-order valence-electron chi connectivity index (χ0n) is 12.9. The summed E-state index contributed by atoms with van der Waals surface area (Å²) < 4.78 is 12.1. The number of nitrogens with one attached hydrogen (secondary N) is 1. The van der Waals surface area contributed by atoms with Crippen LogP contribution in [0.3, 0.4) is 0 Å². The summed E-state index contributed by atoms with van der Waals surface area (Å²) in [6.07, 6.45) is 0. The Balaban J connectivity index is 2.09. The van der Waals surface area contributed by atoms with Crippen molar-refractivity contribution in [2.24, 2.45) is 0 Å². The molecule has 2 aromatic carbocycles. The standard InChI is InChI=1S/C17H17Br2NO3/c1-11-3-5-15(13(18)9-11)20-17(21)12-4-6-16(14(19)10-12)23-8-7-22-2/h3-6,9-10H,7-8H2,1-2H3,(H,20,21). The Labute approximate surface area is 152 Å². The van der Waals surface area contributed by atoms with Crippen molar-refractivity contribution in [1.29, 1.82) is 0 Å². The van der Waals surface area contributed by atoms with Gasteiger partial charge in [0.15, 0.2) is 0 Å². The zero-order valence-corrected chi connectivity index (χ0v) is 16.0. The van der Waals surface area contributed by atoms with E-state index in [2.05, 4.69) is 37.2 Å². The molecule has 2 rings (SSSR count). The monoisotopic (exact) mass is 441 g/mol. The lowest BCUT2D eigenvalue weighted by atomic mass is 10.2. The Morgan fingerprint density at radius 1 is 1.09 bits per heavy atom. The van der Waals surface area contributed by atoms with Crippen molar-refractivity contribution in [2.75, 3.05) is 25.6 Å². The van der Waals surface area contributed by atoms with Gasteiger partial charge in [-0.2, -0.15) is 0 Å². The fourth-order valence-corrected chi connectivity index (χ4v) is 3.00. The summed E-state index contributed by atoms with van der Waals surface area (Å²) in [4.78, 5) is 12.4. The zero-order chi connectivity index (χ0) is 16.8. The van der Waals surface area contributed by atoms with Gasteiger partial charge in [0, 0.05) is 17.1 Å². The SMILES string of the molecule is COCCOc1ccc(C(=O)Nc2ccc(C)cc2Br)cc1Br. The molecular formula is C17H17Br2NO3. The topological polar surface area (TPSA) is 47.6 Å². The maximum Gasteiger partial charge on any atom is 0.255 e. The van der Waals surface area contributed by atoms with Gasteiger partial charge in [-0.3, -0.25) is 4.79 Å². The van der Waals surface area contributed by atoms with E-state index in [1.165, 1.54) is 0 Å². The van der Waals surface area contributed by atoms with Gasteiger partial charge in [0.2, 0.25) is 0 Å².